The van der Waals surface area contributed by atoms with E-state index in [1.807, 2.05) is 18.7 Å². The van der Waals surface area contributed by atoms with Crippen molar-refractivity contribution in [3.8, 4) is 0 Å². The zero-order valence-corrected chi connectivity index (χ0v) is 11.2. The molecule has 1 aromatic rings. The van der Waals surface area contributed by atoms with Crippen LogP contribution in [-0.2, 0) is 22.5 Å². The van der Waals surface area contributed by atoms with E-state index in [-0.39, 0.29) is 12.6 Å². The molecule has 2 unspecified atom stereocenters. The Morgan fingerprint density at radius 2 is 2.26 bits per heavy atom. The average molecular weight is 269 g/mol. The Labute approximate surface area is 111 Å². The summed E-state index contributed by atoms with van der Waals surface area (Å²) in [6, 6.07) is -0.133. The summed E-state index contributed by atoms with van der Waals surface area (Å²) >= 11 is 0. The van der Waals surface area contributed by atoms with Gasteiger partial charge in [0.1, 0.15) is 0 Å². The third-order valence-electron chi connectivity index (χ3n) is 3.40. The molecular formula is C12H19N3O4. The molecule has 1 saturated heterocycles. The number of carboxylic acid groups (broad SMARTS) is 1. The van der Waals surface area contributed by atoms with Crippen molar-refractivity contribution in [1.82, 2.24) is 15.0 Å². The summed E-state index contributed by atoms with van der Waals surface area (Å²) in [5, 5.41) is 13.1. The Morgan fingerprint density at radius 1 is 1.47 bits per heavy atom. The highest BCUT2D eigenvalue weighted by Gasteiger charge is 2.37. The number of aryl methyl sites for hydroxylation is 1. The van der Waals surface area contributed by atoms with Gasteiger partial charge in [0.15, 0.2) is 5.82 Å². The van der Waals surface area contributed by atoms with Crippen LogP contribution in [0.3, 0.4) is 0 Å². The average Bonchev–Trinajstić information content (AvgIpc) is 3.04. The monoisotopic (exact) mass is 269 g/mol. The number of nitrogens with zero attached hydrogens (tertiary/aromatic N) is 3. The maximum atomic E-state index is 11.2. The minimum Gasteiger partial charge on any atom is -0.481 e. The highest BCUT2D eigenvalue weighted by molar-refractivity contribution is 5.71. The van der Waals surface area contributed by atoms with Gasteiger partial charge in [0.2, 0.25) is 5.89 Å². The van der Waals surface area contributed by atoms with Crippen molar-refractivity contribution in [3.05, 3.63) is 11.7 Å². The third-order valence-corrected chi connectivity index (χ3v) is 3.40. The summed E-state index contributed by atoms with van der Waals surface area (Å²) in [6.45, 7) is 5.83. The number of carboxylic acids is 1. The molecule has 1 N–H and O–H groups in total. The molecule has 1 fully saturated rings. The highest BCUT2D eigenvalue weighted by atomic mass is 16.5. The van der Waals surface area contributed by atoms with Crippen molar-refractivity contribution < 1.29 is 19.2 Å². The van der Waals surface area contributed by atoms with Gasteiger partial charge in [-0.1, -0.05) is 19.0 Å². The van der Waals surface area contributed by atoms with Crippen molar-refractivity contribution in [2.45, 2.75) is 32.9 Å². The van der Waals surface area contributed by atoms with Gasteiger partial charge >= 0.3 is 5.97 Å². The van der Waals surface area contributed by atoms with E-state index >= 15 is 0 Å². The van der Waals surface area contributed by atoms with Gasteiger partial charge in [0.25, 0.3) is 0 Å². The fourth-order valence-electron chi connectivity index (χ4n) is 2.28. The van der Waals surface area contributed by atoms with Gasteiger partial charge in [0.05, 0.1) is 25.7 Å². The molecule has 7 heteroatoms. The second kappa shape index (κ2) is 6.12. The van der Waals surface area contributed by atoms with E-state index in [9.17, 15) is 9.90 Å². The minimum absolute atomic E-state index is 0.133. The molecule has 0 saturated carbocycles. The lowest BCUT2D eigenvalue weighted by molar-refractivity contribution is -0.143. The van der Waals surface area contributed by atoms with Gasteiger partial charge < -0.3 is 14.4 Å². The molecule has 2 heterocycles. The van der Waals surface area contributed by atoms with Crippen LogP contribution >= 0.6 is 0 Å². The van der Waals surface area contributed by atoms with Crippen molar-refractivity contribution in [3.63, 3.8) is 0 Å². The van der Waals surface area contributed by atoms with Crippen LogP contribution in [0.25, 0.3) is 0 Å². The molecule has 2 atom stereocenters. The molecule has 2 rings (SSSR count). The Morgan fingerprint density at radius 3 is 2.84 bits per heavy atom. The van der Waals surface area contributed by atoms with E-state index in [1.54, 1.807) is 0 Å². The first kappa shape index (κ1) is 14.0. The van der Waals surface area contributed by atoms with Crippen molar-refractivity contribution in [2.75, 3.05) is 19.8 Å². The number of likely N-dealkylation sites (N-methyl/N-ethyl adjacent to an activating group) is 1. The van der Waals surface area contributed by atoms with Gasteiger partial charge in [-0.15, -0.1) is 0 Å². The number of hydrogen-bond donors (Lipinski definition) is 1. The lowest BCUT2D eigenvalue weighted by Crippen LogP contribution is -2.42. The maximum Gasteiger partial charge on any atom is 0.310 e. The molecule has 106 valence electrons. The summed E-state index contributed by atoms with van der Waals surface area (Å²) in [5.41, 5.74) is 0. The molecule has 1 aromatic heterocycles. The first-order chi connectivity index (χ1) is 9.15. The van der Waals surface area contributed by atoms with Crippen LogP contribution in [0, 0.1) is 5.92 Å². The second-order valence-corrected chi connectivity index (χ2v) is 4.57. The maximum absolute atomic E-state index is 11.2. The summed E-state index contributed by atoms with van der Waals surface area (Å²) < 4.78 is 10.4. The van der Waals surface area contributed by atoms with Crippen LogP contribution in [0.15, 0.2) is 4.52 Å². The van der Waals surface area contributed by atoms with E-state index in [0.717, 1.165) is 0 Å². The molecule has 19 heavy (non-hydrogen) atoms. The molecule has 1 aliphatic rings. The number of aromatic nitrogens is 2. The summed E-state index contributed by atoms with van der Waals surface area (Å²) in [4.78, 5) is 17.5. The highest BCUT2D eigenvalue weighted by Crippen LogP contribution is 2.21. The molecule has 1 aliphatic heterocycles. The summed E-state index contributed by atoms with van der Waals surface area (Å²) in [6.07, 6.45) is 0.698. The number of carbonyl (C=O) groups is 1. The topological polar surface area (TPSA) is 88.7 Å². The van der Waals surface area contributed by atoms with Crippen LogP contribution < -0.4 is 0 Å². The largest absolute Gasteiger partial charge is 0.481 e. The summed E-state index contributed by atoms with van der Waals surface area (Å²) in [5.74, 6) is -0.112. The van der Waals surface area contributed by atoms with Crippen molar-refractivity contribution in [1.29, 1.82) is 0 Å². The Hall–Kier alpha value is -1.47. The first-order valence-electron chi connectivity index (χ1n) is 6.51. The molecule has 0 bridgehead atoms. The predicted molar refractivity (Wildman–Crippen MR) is 65.5 cm³/mol. The van der Waals surface area contributed by atoms with Gasteiger partial charge in [-0.2, -0.15) is 4.98 Å². The standard InChI is InChI=1S/C12H19N3O4/c1-3-11-13-10(14-19-11)5-15(4-2)9-7-18-6-8(9)12(16)17/h8-9H,3-7H2,1-2H3,(H,16,17). The lowest BCUT2D eigenvalue weighted by Gasteiger charge is -2.27. The molecule has 7 nitrogen and oxygen atoms in total. The number of hydrogen-bond acceptors (Lipinski definition) is 6. The third kappa shape index (κ3) is 3.10. The lowest BCUT2D eigenvalue weighted by atomic mass is 10.0. The zero-order valence-electron chi connectivity index (χ0n) is 11.2. The normalized spacial score (nSPS) is 23.1. The Kier molecular flexibility index (Phi) is 4.49. The van der Waals surface area contributed by atoms with Crippen LogP contribution in [0.4, 0.5) is 0 Å². The fraction of sp³-hybridized carbons (Fsp3) is 0.750. The van der Waals surface area contributed by atoms with Crippen LogP contribution in [0.2, 0.25) is 0 Å². The molecule has 0 amide bonds. The Balaban J connectivity index is 2.05. The SMILES string of the molecule is CCc1nc(CN(CC)C2COCC2C(=O)O)no1. The molecule has 0 radical (unpaired) electrons. The van der Waals surface area contributed by atoms with Crippen molar-refractivity contribution in [2.24, 2.45) is 5.92 Å². The van der Waals surface area contributed by atoms with Crippen LogP contribution in [-0.4, -0.2) is 51.9 Å². The van der Waals surface area contributed by atoms with E-state index in [4.69, 9.17) is 9.26 Å². The van der Waals surface area contributed by atoms with Gasteiger partial charge in [-0.25, -0.2) is 0 Å². The smallest absolute Gasteiger partial charge is 0.310 e. The minimum atomic E-state index is -0.816. The molecule has 0 spiro atoms. The van der Waals surface area contributed by atoms with Crippen LogP contribution in [0.5, 0.6) is 0 Å². The zero-order chi connectivity index (χ0) is 13.8. The van der Waals surface area contributed by atoms with E-state index < -0.39 is 11.9 Å². The van der Waals surface area contributed by atoms with Crippen LogP contribution in [0.1, 0.15) is 25.6 Å². The first-order valence-corrected chi connectivity index (χ1v) is 6.51. The van der Waals surface area contributed by atoms with Crippen molar-refractivity contribution >= 4 is 5.97 Å². The number of ether oxygens (including phenoxy) is 1. The summed E-state index contributed by atoms with van der Waals surface area (Å²) in [7, 11) is 0. The molecule has 0 aromatic carbocycles. The van der Waals surface area contributed by atoms with E-state index in [0.29, 0.717) is 37.8 Å². The predicted octanol–water partition coefficient (Wildman–Crippen LogP) is 0.553. The van der Waals surface area contributed by atoms with Gasteiger partial charge in [0, 0.05) is 12.5 Å². The quantitative estimate of drug-likeness (QED) is 0.806. The molecular weight excluding hydrogens is 250 g/mol. The Bertz CT molecular complexity index is 434. The second-order valence-electron chi connectivity index (χ2n) is 4.57. The molecule has 0 aliphatic carbocycles. The number of aliphatic carboxylic acids is 1. The number of rotatable bonds is 6. The van der Waals surface area contributed by atoms with E-state index in [1.165, 1.54) is 0 Å². The van der Waals surface area contributed by atoms with Gasteiger partial charge in [-0.05, 0) is 6.54 Å². The van der Waals surface area contributed by atoms with E-state index in [2.05, 4.69) is 10.1 Å². The fourth-order valence-corrected chi connectivity index (χ4v) is 2.28. The van der Waals surface area contributed by atoms with Gasteiger partial charge in [-0.3, -0.25) is 9.69 Å².